The zero-order valence-corrected chi connectivity index (χ0v) is 14.2. The van der Waals surface area contributed by atoms with Crippen LogP contribution < -0.4 is 0 Å². The minimum atomic E-state index is -1.75. The van der Waals surface area contributed by atoms with E-state index in [1.165, 1.54) is 13.0 Å². The number of hydrogen-bond donors (Lipinski definition) is 2. The monoisotopic (exact) mass is 357 g/mol. The fraction of sp³-hybridized carbons (Fsp3) is 0.211. The molecular weight excluding hydrogens is 338 g/mol. The number of imide groups is 1. The van der Waals surface area contributed by atoms with Crippen molar-refractivity contribution >= 4 is 18.0 Å². The molecule has 0 saturated carbocycles. The number of carbonyl (C=O) groups is 3. The van der Waals surface area contributed by atoms with Crippen molar-refractivity contribution in [1.29, 1.82) is 0 Å². The summed E-state index contributed by atoms with van der Waals surface area (Å²) >= 11 is 0. The topological polar surface area (TPSA) is 104 Å². The summed E-state index contributed by atoms with van der Waals surface area (Å²) in [7, 11) is 0. The Morgan fingerprint density at radius 3 is 2.23 bits per heavy atom. The molecule has 2 rings (SSSR count). The summed E-state index contributed by atoms with van der Waals surface area (Å²) in [6.45, 7) is 0.571. The summed E-state index contributed by atoms with van der Waals surface area (Å²) in [5.41, 5.74) is 1.40. The number of ether oxygens (including phenoxy) is 1. The van der Waals surface area contributed by atoms with Crippen LogP contribution in [0.2, 0.25) is 0 Å². The Morgan fingerprint density at radius 2 is 1.65 bits per heavy atom. The van der Waals surface area contributed by atoms with Crippen LogP contribution in [0.15, 0.2) is 54.6 Å². The van der Waals surface area contributed by atoms with Crippen LogP contribution in [0.5, 0.6) is 0 Å². The smallest absolute Gasteiger partial charge is 0.417 e. The van der Waals surface area contributed by atoms with Gasteiger partial charge in [0.2, 0.25) is 0 Å². The highest BCUT2D eigenvalue weighted by atomic mass is 16.6. The van der Waals surface area contributed by atoms with Gasteiger partial charge < -0.3 is 14.9 Å². The second kappa shape index (κ2) is 8.77. The second-order valence-corrected chi connectivity index (χ2v) is 5.32. The van der Waals surface area contributed by atoms with Gasteiger partial charge in [0.25, 0.3) is 5.91 Å². The number of benzene rings is 2. The maximum absolute atomic E-state index is 13.0. The third-order valence-corrected chi connectivity index (χ3v) is 3.70. The van der Waals surface area contributed by atoms with Crippen molar-refractivity contribution < 1.29 is 29.3 Å². The number of nitrogens with zero attached hydrogens (tertiary/aromatic N) is 1. The van der Waals surface area contributed by atoms with Gasteiger partial charge in [0.1, 0.15) is 0 Å². The Morgan fingerprint density at radius 1 is 1.04 bits per heavy atom. The van der Waals surface area contributed by atoms with Crippen molar-refractivity contribution in [2.24, 2.45) is 0 Å². The molecule has 2 aromatic rings. The van der Waals surface area contributed by atoms with Crippen LogP contribution in [0.3, 0.4) is 0 Å². The SMILES string of the molecule is CCOC(=O)N(C(=O)c1ccccc1-c1ccccc1)C(CO)C(=O)O. The van der Waals surface area contributed by atoms with E-state index in [1.54, 1.807) is 42.5 Å². The number of aliphatic hydroxyl groups excluding tert-OH is 1. The molecule has 1 atom stereocenters. The Kier molecular flexibility index (Phi) is 6.46. The number of aliphatic carboxylic acids is 1. The number of hydrogen-bond acceptors (Lipinski definition) is 5. The zero-order valence-electron chi connectivity index (χ0n) is 14.2. The molecule has 0 spiro atoms. The van der Waals surface area contributed by atoms with Gasteiger partial charge in [-0.15, -0.1) is 0 Å². The predicted octanol–water partition coefficient (Wildman–Crippen LogP) is 2.40. The van der Waals surface area contributed by atoms with Gasteiger partial charge in [-0.25, -0.2) is 14.5 Å². The number of aliphatic hydroxyl groups is 1. The molecule has 136 valence electrons. The lowest BCUT2D eigenvalue weighted by atomic mass is 9.98. The third-order valence-electron chi connectivity index (χ3n) is 3.70. The molecular formula is C19H19NO6. The Labute approximate surface area is 150 Å². The first-order chi connectivity index (χ1) is 12.5. The average Bonchev–Trinajstić information content (AvgIpc) is 2.66. The van der Waals surface area contributed by atoms with Crippen LogP contribution in [0.4, 0.5) is 4.79 Å². The van der Waals surface area contributed by atoms with Crippen molar-refractivity contribution in [1.82, 2.24) is 4.90 Å². The molecule has 1 unspecified atom stereocenters. The highest BCUT2D eigenvalue weighted by molar-refractivity contribution is 6.09. The second-order valence-electron chi connectivity index (χ2n) is 5.32. The Hall–Kier alpha value is -3.19. The molecule has 7 heteroatoms. The Bertz CT molecular complexity index is 790. The first-order valence-corrected chi connectivity index (χ1v) is 7.99. The molecule has 7 nitrogen and oxygen atoms in total. The van der Waals surface area contributed by atoms with Crippen molar-refractivity contribution in [2.75, 3.05) is 13.2 Å². The normalized spacial score (nSPS) is 11.5. The first kappa shape index (κ1) is 19.1. The minimum absolute atomic E-state index is 0.0410. The van der Waals surface area contributed by atoms with E-state index in [-0.39, 0.29) is 12.2 Å². The summed E-state index contributed by atoms with van der Waals surface area (Å²) in [6, 6.07) is 13.8. The molecule has 0 radical (unpaired) electrons. The van der Waals surface area contributed by atoms with Crippen LogP contribution >= 0.6 is 0 Å². The van der Waals surface area contributed by atoms with Crippen molar-refractivity contribution in [2.45, 2.75) is 13.0 Å². The zero-order chi connectivity index (χ0) is 19.1. The molecule has 0 fully saturated rings. The summed E-state index contributed by atoms with van der Waals surface area (Å²) in [6.07, 6.45) is -1.12. The van der Waals surface area contributed by atoms with Crippen LogP contribution in [-0.2, 0) is 9.53 Å². The summed E-state index contributed by atoms with van der Waals surface area (Å²) in [4.78, 5) is 37.1. The molecule has 2 aromatic carbocycles. The van der Waals surface area contributed by atoms with E-state index in [1.807, 2.05) is 6.07 Å². The molecule has 0 aliphatic heterocycles. The average molecular weight is 357 g/mol. The predicted molar refractivity (Wildman–Crippen MR) is 93.6 cm³/mol. The summed E-state index contributed by atoms with van der Waals surface area (Å²) in [5.74, 6) is -2.37. The van der Waals surface area contributed by atoms with E-state index in [0.29, 0.717) is 10.5 Å². The van der Waals surface area contributed by atoms with E-state index in [9.17, 15) is 24.6 Å². The lowest BCUT2D eigenvalue weighted by Crippen LogP contribution is -2.51. The van der Waals surface area contributed by atoms with E-state index < -0.39 is 30.6 Å². The van der Waals surface area contributed by atoms with Crippen LogP contribution in [-0.4, -0.2) is 52.3 Å². The Balaban J connectivity index is 2.53. The summed E-state index contributed by atoms with van der Waals surface area (Å²) < 4.78 is 4.82. The lowest BCUT2D eigenvalue weighted by molar-refractivity contribution is -0.143. The van der Waals surface area contributed by atoms with Crippen LogP contribution in [0.25, 0.3) is 11.1 Å². The number of amides is 2. The van der Waals surface area contributed by atoms with Crippen molar-refractivity contribution in [3.05, 3.63) is 60.2 Å². The quantitative estimate of drug-likeness (QED) is 0.823. The van der Waals surface area contributed by atoms with E-state index in [4.69, 9.17) is 4.74 Å². The van der Waals surface area contributed by atoms with Gasteiger partial charge in [-0.2, -0.15) is 0 Å². The van der Waals surface area contributed by atoms with Gasteiger partial charge in [-0.05, 0) is 24.1 Å². The standard InChI is InChI=1S/C19H19NO6/c1-2-26-19(25)20(16(12-21)18(23)24)17(22)15-11-7-6-10-14(15)13-8-4-3-5-9-13/h3-11,16,21H,2,12H2,1H3,(H,23,24). The molecule has 0 aliphatic carbocycles. The highest BCUT2D eigenvalue weighted by Crippen LogP contribution is 2.25. The first-order valence-electron chi connectivity index (χ1n) is 7.99. The fourth-order valence-electron chi connectivity index (χ4n) is 2.48. The third kappa shape index (κ3) is 4.07. The van der Waals surface area contributed by atoms with Crippen LogP contribution in [0.1, 0.15) is 17.3 Å². The number of carboxylic acid groups (broad SMARTS) is 1. The number of rotatable bonds is 6. The molecule has 0 saturated heterocycles. The van der Waals surface area contributed by atoms with Gasteiger partial charge in [0.05, 0.1) is 13.2 Å². The molecule has 0 bridgehead atoms. The molecule has 0 aromatic heterocycles. The molecule has 2 N–H and O–H groups in total. The van der Waals surface area contributed by atoms with E-state index >= 15 is 0 Å². The van der Waals surface area contributed by atoms with Gasteiger partial charge in [0.15, 0.2) is 6.04 Å². The molecule has 2 amide bonds. The van der Waals surface area contributed by atoms with E-state index in [0.717, 1.165) is 5.56 Å². The van der Waals surface area contributed by atoms with Gasteiger partial charge in [-0.1, -0.05) is 48.5 Å². The molecule has 0 aliphatic rings. The summed E-state index contributed by atoms with van der Waals surface area (Å²) in [5, 5.41) is 18.7. The lowest BCUT2D eigenvalue weighted by Gasteiger charge is -2.25. The number of carbonyl (C=O) groups excluding carboxylic acids is 2. The molecule has 0 heterocycles. The van der Waals surface area contributed by atoms with Gasteiger partial charge in [0, 0.05) is 5.56 Å². The van der Waals surface area contributed by atoms with Crippen LogP contribution in [0, 0.1) is 0 Å². The maximum Gasteiger partial charge on any atom is 0.417 e. The van der Waals surface area contributed by atoms with Crippen molar-refractivity contribution in [3.8, 4) is 11.1 Å². The van der Waals surface area contributed by atoms with Gasteiger partial charge in [-0.3, -0.25) is 4.79 Å². The fourth-order valence-corrected chi connectivity index (χ4v) is 2.48. The van der Waals surface area contributed by atoms with Gasteiger partial charge >= 0.3 is 12.1 Å². The largest absolute Gasteiger partial charge is 0.480 e. The maximum atomic E-state index is 13.0. The molecule has 26 heavy (non-hydrogen) atoms. The minimum Gasteiger partial charge on any atom is -0.480 e. The van der Waals surface area contributed by atoms with E-state index in [2.05, 4.69) is 0 Å². The highest BCUT2D eigenvalue weighted by Gasteiger charge is 2.37. The number of carboxylic acids is 1. The van der Waals surface area contributed by atoms with Crippen molar-refractivity contribution in [3.63, 3.8) is 0 Å².